The van der Waals surface area contributed by atoms with Crippen LogP contribution in [-0.2, 0) is 20.9 Å². The molecular weight excluding hydrogens is 616 g/mol. The molecule has 0 saturated carbocycles. The van der Waals surface area contributed by atoms with Gasteiger partial charge < -0.3 is 24.1 Å². The van der Waals surface area contributed by atoms with Crippen molar-refractivity contribution in [2.75, 3.05) is 26.1 Å². The lowest BCUT2D eigenvalue weighted by atomic mass is 9.94. The van der Waals surface area contributed by atoms with Gasteiger partial charge >= 0.3 is 5.97 Å². The number of amides is 1. The molecule has 3 heterocycles. The van der Waals surface area contributed by atoms with E-state index in [4.69, 9.17) is 19.2 Å². The molecule has 3 aromatic carbocycles. The molecule has 1 aliphatic heterocycles. The van der Waals surface area contributed by atoms with Crippen LogP contribution in [-0.4, -0.2) is 41.8 Å². The standard InChI is InChI=1S/C36H34N4O6S/c1-6-46-31(41)20-39-22(3)26(25-14-10-11-15-27(25)39)19-30-35(43)40-33(23-16-17-28(44-4)29(18-23)45-5)32(21(2)37-36(40)47-30)34(42)38-24-12-8-7-9-13-24/h7-19,33H,6,20H2,1-5H3,(H,38,42)/b30-19-/t33-/m0/s1. The summed E-state index contributed by atoms with van der Waals surface area (Å²) < 4.78 is 20.2. The van der Waals surface area contributed by atoms with E-state index in [1.54, 1.807) is 49.8 Å². The minimum Gasteiger partial charge on any atom is -0.493 e. The number of hydrogen-bond acceptors (Lipinski definition) is 8. The number of benzene rings is 3. The second-order valence-electron chi connectivity index (χ2n) is 10.9. The predicted octanol–water partition coefficient (Wildman–Crippen LogP) is 4.72. The number of ether oxygens (including phenoxy) is 3. The summed E-state index contributed by atoms with van der Waals surface area (Å²) in [7, 11) is 3.09. The maximum atomic E-state index is 14.4. The fourth-order valence-corrected chi connectivity index (χ4v) is 7.01. The lowest BCUT2D eigenvalue weighted by Crippen LogP contribution is -2.40. The Morgan fingerprint density at radius 1 is 0.979 bits per heavy atom. The van der Waals surface area contributed by atoms with Gasteiger partial charge in [0.2, 0.25) is 0 Å². The van der Waals surface area contributed by atoms with Crippen LogP contribution < -0.4 is 29.7 Å². The minimum atomic E-state index is -0.803. The number of carbonyl (C=O) groups is 2. The van der Waals surface area contributed by atoms with Gasteiger partial charge in [-0.15, -0.1) is 0 Å². The summed E-state index contributed by atoms with van der Waals surface area (Å²) in [6, 6.07) is 21.4. The highest BCUT2D eigenvalue weighted by Crippen LogP contribution is 2.36. The van der Waals surface area contributed by atoms with Crippen molar-refractivity contribution < 1.29 is 23.8 Å². The SMILES string of the molecule is CCOC(=O)Cn1c(C)c(/C=c2\sc3n(c2=O)[C@@H](c2ccc(OC)c(OC)c2)C(C(=O)Nc2ccccc2)=C(C)N=3)c2ccccc21. The molecule has 0 radical (unpaired) electrons. The normalized spacial score (nSPS) is 14.5. The van der Waals surface area contributed by atoms with Gasteiger partial charge in [-0.3, -0.25) is 19.0 Å². The predicted molar refractivity (Wildman–Crippen MR) is 182 cm³/mol. The number of fused-ring (bicyclic) bond motifs is 2. The first-order valence-electron chi connectivity index (χ1n) is 15.1. The third-order valence-corrected chi connectivity index (χ3v) is 9.15. The van der Waals surface area contributed by atoms with E-state index in [0.717, 1.165) is 22.2 Å². The van der Waals surface area contributed by atoms with Crippen molar-refractivity contribution in [2.45, 2.75) is 33.4 Å². The van der Waals surface area contributed by atoms with Crippen LogP contribution in [0.2, 0.25) is 0 Å². The zero-order valence-corrected chi connectivity index (χ0v) is 27.5. The first-order valence-corrected chi connectivity index (χ1v) is 15.9. The van der Waals surface area contributed by atoms with Crippen molar-refractivity contribution in [3.05, 3.63) is 121 Å². The molecule has 11 heteroatoms. The van der Waals surface area contributed by atoms with Gasteiger partial charge in [-0.1, -0.05) is 53.8 Å². The highest BCUT2D eigenvalue weighted by Gasteiger charge is 2.33. The molecule has 0 bridgehead atoms. The molecule has 1 N–H and O–H groups in total. The van der Waals surface area contributed by atoms with Crippen molar-refractivity contribution in [2.24, 2.45) is 4.99 Å². The van der Waals surface area contributed by atoms with Crippen LogP contribution in [0.25, 0.3) is 17.0 Å². The Morgan fingerprint density at radius 3 is 2.43 bits per heavy atom. The van der Waals surface area contributed by atoms with Crippen molar-refractivity contribution in [1.82, 2.24) is 9.13 Å². The maximum absolute atomic E-state index is 14.4. The number of nitrogens with zero attached hydrogens (tertiary/aromatic N) is 3. The van der Waals surface area contributed by atoms with Crippen LogP contribution >= 0.6 is 11.3 Å². The molecule has 10 nitrogen and oxygen atoms in total. The monoisotopic (exact) mass is 650 g/mol. The average Bonchev–Trinajstić information content (AvgIpc) is 3.52. The summed E-state index contributed by atoms with van der Waals surface area (Å²) in [6.07, 6.45) is 1.85. The van der Waals surface area contributed by atoms with Crippen LogP contribution in [0.5, 0.6) is 11.5 Å². The van der Waals surface area contributed by atoms with E-state index in [2.05, 4.69) is 5.32 Å². The fraction of sp³-hybridized carbons (Fsp3) is 0.222. The highest BCUT2D eigenvalue weighted by atomic mass is 32.1. The molecule has 0 aliphatic carbocycles. The van der Waals surface area contributed by atoms with Crippen molar-refractivity contribution in [3.63, 3.8) is 0 Å². The number of para-hydroxylation sites is 2. The third-order valence-electron chi connectivity index (χ3n) is 8.17. The van der Waals surface area contributed by atoms with Crippen molar-refractivity contribution in [3.8, 4) is 11.5 Å². The number of hydrogen-bond donors (Lipinski definition) is 1. The molecule has 0 fully saturated rings. The number of rotatable bonds is 9. The van der Waals surface area contributed by atoms with Gasteiger partial charge in [0.15, 0.2) is 16.3 Å². The van der Waals surface area contributed by atoms with E-state index in [-0.39, 0.29) is 30.6 Å². The van der Waals surface area contributed by atoms with Crippen LogP contribution in [0, 0.1) is 6.92 Å². The Morgan fingerprint density at radius 2 is 1.70 bits per heavy atom. The van der Waals surface area contributed by atoms with Crippen LogP contribution in [0.15, 0.2) is 93.9 Å². The molecule has 1 amide bonds. The number of methoxy groups -OCH3 is 2. The van der Waals surface area contributed by atoms with Gasteiger partial charge in [-0.25, -0.2) is 4.99 Å². The molecule has 5 aromatic rings. The smallest absolute Gasteiger partial charge is 0.325 e. The van der Waals surface area contributed by atoms with Crippen molar-refractivity contribution >= 4 is 45.9 Å². The molecule has 6 rings (SSSR count). The first kappa shape index (κ1) is 31.6. The lowest BCUT2D eigenvalue weighted by Gasteiger charge is -2.26. The summed E-state index contributed by atoms with van der Waals surface area (Å²) in [5.74, 6) is 0.280. The van der Waals surface area contributed by atoms with Gasteiger partial charge in [-0.05, 0) is 62.7 Å². The van der Waals surface area contributed by atoms with Crippen LogP contribution in [0.3, 0.4) is 0 Å². The lowest BCUT2D eigenvalue weighted by molar-refractivity contribution is -0.143. The second kappa shape index (κ2) is 13.1. The van der Waals surface area contributed by atoms with E-state index < -0.39 is 6.04 Å². The van der Waals surface area contributed by atoms with E-state index >= 15 is 0 Å². The van der Waals surface area contributed by atoms with Gasteiger partial charge in [0.25, 0.3) is 11.5 Å². The van der Waals surface area contributed by atoms with Gasteiger partial charge in [0.1, 0.15) is 6.54 Å². The fourth-order valence-electron chi connectivity index (χ4n) is 5.98. The van der Waals surface area contributed by atoms with Gasteiger partial charge in [0, 0.05) is 27.8 Å². The average molecular weight is 651 g/mol. The first-order chi connectivity index (χ1) is 22.7. The quantitative estimate of drug-likeness (QED) is 0.231. The second-order valence-corrected chi connectivity index (χ2v) is 11.9. The van der Waals surface area contributed by atoms with E-state index in [1.807, 2.05) is 66.1 Å². The number of carbonyl (C=O) groups excluding carboxylic acids is 2. The Hall–Kier alpha value is -5.42. The minimum absolute atomic E-state index is 0.0493. The van der Waals surface area contributed by atoms with Gasteiger partial charge in [-0.2, -0.15) is 0 Å². The van der Waals surface area contributed by atoms with E-state index in [1.165, 1.54) is 18.4 Å². The third kappa shape index (κ3) is 5.85. The summed E-state index contributed by atoms with van der Waals surface area (Å²) in [5, 5.41) is 3.87. The Balaban J connectivity index is 1.54. The molecule has 240 valence electrons. The largest absolute Gasteiger partial charge is 0.493 e. The number of esters is 1. The topological polar surface area (TPSA) is 113 Å². The molecule has 47 heavy (non-hydrogen) atoms. The molecule has 1 atom stereocenters. The van der Waals surface area contributed by atoms with Crippen LogP contribution in [0.4, 0.5) is 5.69 Å². The zero-order valence-electron chi connectivity index (χ0n) is 26.7. The zero-order chi connectivity index (χ0) is 33.2. The maximum Gasteiger partial charge on any atom is 0.325 e. The molecule has 0 spiro atoms. The number of anilines is 1. The van der Waals surface area contributed by atoms with E-state index in [9.17, 15) is 14.4 Å². The summed E-state index contributed by atoms with van der Waals surface area (Å²) >= 11 is 1.25. The van der Waals surface area contributed by atoms with Crippen LogP contribution in [0.1, 0.15) is 36.7 Å². The summed E-state index contributed by atoms with van der Waals surface area (Å²) in [4.78, 5) is 46.1. The Labute approximate surface area is 274 Å². The Bertz CT molecular complexity index is 2230. The Kier molecular flexibility index (Phi) is 8.82. The number of nitrogens with one attached hydrogen (secondary N) is 1. The van der Waals surface area contributed by atoms with Gasteiger partial charge in [0.05, 0.1) is 42.7 Å². The molecule has 1 aliphatic rings. The number of thiazole rings is 1. The number of aromatic nitrogens is 2. The van der Waals surface area contributed by atoms with E-state index in [0.29, 0.717) is 43.4 Å². The highest BCUT2D eigenvalue weighted by molar-refractivity contribution is 7.07. The molecular formula is C36H34N4O6S. The number of allylic oxidation sites excluding steroid dienone is 1. The summed E-state index contributed by atoms with van der Waals surface area (Å²) in [5.41, 5.74) is 4.30. The molecule has 2 aromatic heterocycles. The molecule has 0 saturated heterocycles. The van der Waals surface area contributed by atoms with Crippen molar-refractivity contribution in [1.29, 1.82) is 0 Å². The molecule has 0 unspecified atom stereocenters. The summed E-state index contributed by atoms with van der Waals surface area (Å²) in [6.45, 7) is 5.81.